The summed E-state index contributed by atoms with van der Waals surface area (Å²) in [6.45, 7) is 3.98. The fraction of sp³-hybridized carbons (Fsp3) is 0.333. The molecule has 0 bridgehead atoms. The third-order valence-electron chi connectivity index (χ3n) is 2.90. The molecule has 0 atom stereocenters. The van der Waals surface area contributed by atoms with Gasteiger partial charge in [-0.3, -0.25) is 0 Å². The van der Waals surface area contributed by atoms with Gasteiger partial charge in [0.15, 0.2) is 0 Å². The fourth-order valence-electron chi connectivity index (χ4n) is 1.94. The van der Waals surface area contributed by atoms with E-state index >= 15 is 0 Å². The third kappa shape index (κ3) is 3.64. The molecule has 0 aliphatic carbocycles. The Kier molecular flexibility index (Phi) is 4.67. The Morgan fingerprint density at radius 3 is 2.38 bits per heavy atom. The third-order valence-corrected chi connectivity index (χ3v) is 4.04. The number of hydrogen-bond donors (Lipinski definition) is 1. The number of hydrogen-bond acceptors (Lipinski definition) is 3. The van der Waals surface area contributed by atoms with Crippen LogP contribution in [-0.4, -0.2) is 16.1 Å². The smallest absolute Gasteiger partial charge is 0.347 e. The second-order valence-corrected chi connectivity index (χ2v) is 6.12. The number of carboxylic acid groups (broad SMARTS) is 1. The van der Waals surface area contributed by atoms with E-state index < -0.39 is 12.4 Å². The molecule has 1 aromatic heterocycles. The highest BCUT2D eigenvalue weighted by molar-refractivity contribution is 7.17. The molecule has 3 nitrogen and oxygen atoms in total. The normalized spacial score (nSPS) is 11.3. The van der Waals surface area contributed by atoms with Crippen molar-refractivity contribution in [3.63, 3.8) is 0 Å². The minimum Gasteiger partial charge on any atom is -0.477 e. The summed E-state index contributed by atoms with van der Waals surface area (Å²) >= 11 is 1.08. The van der Waals surface area contributed by atoms with Crippen molar-refractivity contribution in [3.05, 3.63) is 40.4 Å². The second kappa shape index (κ2) is 6.30. The molecule has 0 unspecified atom stereocenters. The van der Waals surface area contributed by atoms with Gasteiger partial charge in [-0.25, -0.2) is 18.6 Å². The lowest BCUT2D eigenvalue weighted by molar-refractivity contribution is 0.0700. The molecule has 0 aliphatic heterocycles. The predicted molar refractivity (Wildman–Crippen MR) is 78.0 cm³/mol. The Balaban J connectivity index is 2.37. The number of carboxylic acids is 1. The first kappa shape index (κ1) is 15.6. The average Bonchev–Trinajstić information content (AvgIpc) is 2.82. The predicted octanol–water partition coefficient (Wildman–Crippen LogP) is 4.64. The van der Waals surface area contributed by atoms with Crippen LogP contribution in [0.3, 0.4) is 0 Å². The van der Waals surface area contributed by atoms with Crippen LogP contribution in [-0.2, 0) is 6.42 Å². The summed E-state index contributed by atoms with van der Waals surface area (Å²) in [5.74, 6) is -0.710. The summed E-state index contributed by atoms with van der Waals surface area (Å²) < 4.78 is 25.1. The fourth-order valence-corrected chi connectivity index (χ4v) is 2.88. The van der Waals surface area contributed by atoms with Crippen LogP contribution in [0.2, 0.25) is 0 Å². The summed E-state index contributed by atoms with van der Waals surface area (Å²) in [4.78, 5) is 15.8. The van der Waals surface area contributed by atoms with Gasteiger partial charge >= 0.3 is 5.97 Å². The highest BCUT2D eigenvalue weighted by Crippen LogP contribution is 2.30. The van der Waals surface area contributed by atoms with Crippen molar-refractivity contribution >= 4 is 17.3 Å². The van der Waals surface area contributed by atoms with E-state index in [2.05, 4.69) is 4.98 Å². The maximum absolute atomic E-state index is 12.5. The van der Waals surface area contributed by atoms with Crippen LogP contribution in [0.4, 0.5) is 8.78 Å². The monoisotopic (exact) mass is 311 g/mol. The van der Waals surface area contributed by atoms with E-state index in [1.807, 2.05) is 13.8 Å². The number of aromatic carboxylic acids is 1. The molecule has 1 aromatic carbocycles. The largest absolute Gasteiger partial charge is 0.477 e. The van der Waals surface area contributed by atoms with Gasteiger partial charge in [-0.2, -0.15) is 0 Å². The van der Waals surface area contributed by atoms with Gasteiger partial charge in [0.25, 0.3) is 6.43 Å². The van der Waals surface area contributed by atoms with Gasteiger partial charge in [-0.15, -0.1) is 11.3 Å². The number of carbonyl (C=O) groups is 1. The Labute approximate surface area is 125 Å². The Morgan fingerprint density at radius 2 is 1.90 bits per heavy atom. The minimum absolute atomic E-state index is 0.0591. The van der Waals surface area contributed by atoms with E-state index in [9.17, 15) is 18.7 Å². The van der Waals surface area contributed by atoms with E-state index in [-0.39, 0.29) is 10.4 Å². The number of aromatic nitrogens is 1. The summed E-state index contributed by atoms with van der Waals surface area (Å²) in [5, 5.41) is 9.77. The lowest BCUT2D eigenvalue weighted by atomic mass is 10.1. The topological polar surface area (TPSA) is 50.2 Å². The lowest BCUT2D eigenvalue weighted by Crippen LogP contribution is -2.02. The highest BCUT2D eigenvalue weighted by Gasteiger charge is 2.19. The molecule has 6 heteroatoms. The molecule has 112 valence electrons. The van der Waals surface area contributed by atoms with Crippen molar-refractivity contribution in [1.82, 2.24) is 4.98 Å². The van der Waals surface area contributed by atoms with E-state index in [0.29, 0.717) is 28.6 Å². The number of halogens is 2. The number of rotatable bonds is 5. The number of alkyl halides is 2. The molecule has 21 heavy (non-hydrogen) atoms. The van der Waals surface area contributed by atoms with E-state index in [1.165, 1.54) is 12.1 Å². The van der Waals surface area contributed by atoms with Crippen molar-refractivity contribution in [2.75, 3.05) is 0 Å². The Morgan fingerprint density at radius 1 is 1.29 bits per heavy atom. The summed E-state index contributed by atoms with van der Waals surface area (Å²) in [6.07, 6.45) is -1.94. The average molecular weight is 311 g/mol. The molecule has 0 aliphatic rings. The highest BCUT2D eigenvalue weighted by atomic mass is 32.1. The van der Waals surface area contributed by atoms with Crippen molar-refractivity contribution in [3.8, 4) is 10.6 Å². The van der Waals surface area contributed by atoms with Gasteiger partial charge < -0.3 is 5.11 Å². The van der Waals surface area contributed by atoms with Gasteiger partial charge in [-0.05, 0) is 12.3 Å². The van der Waals surface area contributed by atoms with Crippen molar-refractivity contribution in [2.24, 2.45) is 5.92 Å². The van der Waals surface area contributed by atoms with Gasteiger partial charge in [0.1, 0.15) is 9.88 Å². The van der Waals surface area contributed by atoms with Gasteiger partial charge in [0, 0.05) is 11.1 Å². The van der Waals surface area contributed by atoms with Crippen LogP contribution >= 0.6 is 11.3 Å². The number of thiazole rings is 1. The quantitative estimate of drug-likeness (QED) is 0.875. The summed E-state index contributed by atoms with van der Waals surface area (Å²) in [6, 6.07) is 5.77. The standard InChI is InChI=1S/C15H15F2NO2S/c1-8(2)7-11-12(15(19)20)21-14(18-11)10-5-3-9(4-6-10)13(16)17/h3-6,8,13H,7H2,1-2H3,(H,19,20). The molecule has 0 fully saturated rings. The molecule has 2 rings (SSSR count). The maximum atomic E-state index is 12.5. The SMILES string of the molecule is CC(C)Cc1nc(-c2ccc(C(F)F)cc2)sc1C(=O)O. The maximum Gasteiger partial charge on any atom is 0.347 e. The molecular weight excluding hydrogens is 296 g/mol. The second-order valence-electron chi connectivity index (χ2n) is 5.12. The van der Waals surface area contributed by atoms with Crippen LogP contribution in [0.5, 0.6) is 0 Å². The molecule has 1 N–H and O–H groups in total. The first-order chi connectivity index (χ1) is 9.88. The molecular formula is C15H15F2NO2S. The zero-order chi connectivity index (χ0) is 15.6. The lowest BCUT2D eigenvalue weighted by Gasteiger charge is -2.02. The molecule has 0 saturated heterocycles. The zero-order valence-electron chi connectivity index (χ0n) is 11.6. The van der Waals surface area contributed by atoms with Gasteiger partial charge in [-0.1, -0.05) is 38.1 Å². The van der Waals surface area contributed by atoms with Gasteiger partial charge in [0.05, 0.1) is 5.69 Å². The molecule has 0 radical (unpaired) electrons. The van der Waals surface area contributed by atoms with E-state index in [1.54, 1.807) is 12.1 Å². The van der Waals surface area contributed by atoms with E-state index in [4.69, 9.17) is 0 Å². The van der Waals surface area contributed by atoms with Crippen molar-refractivity contribution in [1.29, 1.82) is 0 Å². The molecule has 1 heterocycles. The summed E-state index contributed by atoms with van der Waals surface area (Å²) in [7, 11) is 0. The van der Waals surface area contributed by atoms with Crippen LogP contribution in [0.25, 0.3) is 10.6 Å². The zero-order valence-corrected chi connectivity index (χ0v) is 12.5. The Hall–Kier alpha value is -1.82. The first-order valence-corrected chi connectivity index (χ1v) is 7.31. The van der Waals surface area contributed by atoms with E-state index in [0.717, 1.165) is 11.3 Å². The summed E-state index contributed by atoms with van der Waals surface area (Å²) in [5.41, 5.74) is 1.15. The molecule has 0 spiro atoms. The molecule has 2 aromatic rings. The minimum atomic E-state index is -2.51. The molecule has 0 amide bonds. The van der Waals surface area contributed by atoms with Crippen LogP contribution in [0.15, 0.2) is 24.3 Å². The number of nitrogens with zero attached hydrogens (tertiary/aromatic N) is 1. The van der Waals surface area contributed by atoms with Crippen molar-refractivity contribution in [2.45, 2.75) is 26.7 Å². The van der Waals surface area contributed by atoms with Crippen LogP contribution in [0, 0.1) is 5.92 Å². The molecule has 0 saturated carbocycles. The first-order valence-electron chi connectivity index (χ1n) is 6.50. The van der Waals surface area contributed by atoms with Gasteiger partial charge in [0.2, 0.25) is 0 Å². The van der Waals surface area contributed by atoms with Crippen molar-refractivity contribution < 1.29 is 18.7 Å². The van der Waals surface area contributed by atoms with Crippen LogP contribution < -0.4 is 0 Å². The number of benzene rings is 1. The Bertz CT molecular complexity index is 636. The van der Waals surface area contributed by atoms with Crippen LogP contribution in [0.1, 0.15) is 41.2 Å².